The van der Waals surface area contributed by atoms with E-state index < -0.39 is 18.0 Å². The van der Waals surface area contributed by atoms with Crippen LogP contribution >= 0.6 is 0 Å². The van der Waals surface area contributed by atoms with Gasteiger partial charge in [-0.1, -0.05) is 36.4 Å². The quantitative estimate of drug-likeness (QED) is 0.271. The Morgan fingerprint density at radius 2 is 1.76 bits per heavy atom. The number of aliphatic carboxylic acids is 2. The molecule has 9 heteroatoms. The van der Waals surface area contributed by atoms with Crippen molar-refractivity contribution in [2.75, 3.05) is 25.0 Å². The van der Waals surface area contributed by atoms with Gasteiger partial charge in [-0.25, -0.2) is 9.59 Å². The maximum absolute atomic E-state index is 11.4. The number of carboxylic acid groups (broad SMARTS) is 2. The van der Waals surface area contributed by atoms with Gasteiger partial charge in [0.05, 0.1) is 11.8 Å². The molecule has 2 aromatic rings. The van der Waals surface area contributed by atoms with Crippen LogP contribution in [-0.4, -0.2) is 52.9 Å². The van der Waals surface area contributed by atoms with Gasteiger partial charge in [0.1, 0.15) is 5.75 Å². The first kappa shape index (κ1) is 25.6. The number of carbonyl (C=O) groups excluding carboxylic acids is 1. The summed E-state index contributed by atoms with van der Waals surface area (Å²) in [5.41, 5.74) is 2.75. The molecule has 0 saturated heterocycles. The lowest BCUT2D eigenvalue weighted by molar-refractivity contribution is -0.134. The number of carbonyl (C=O) groups is 3. The average Bonchev–Trinajstić information content (AvgIpc) is 2.80. The summed E-state index contributed by atoms with van der Waals surface area (Å²) in [6.45, 7) is 1.40. The van der Waals surface area contributed by atoms with E-state index in [0.29, 0.717) is 30.1 Å². The van der Waals surface area contributed by atoms with Gasteiger partial charge in [0.25, 0.3) is 5.91 Å². The van der Waals surface area contributed by atoms with Gasteiger partial charge in [0, 0.05) is 18.7 Å². The first-order valence-electron chi connectivity index (χ1n) is 10.5. The van der Waals surface area contributed by atoms with Crippen molar-refractivity contribution in [2.24, 2.45) is 0 Å². The van der Waals surface area contributed by atoms with E-state index in [2.05, 4.69) is 34.9 Å². The lowest BCUT2D eigenvalue weighted by Crippen LogP contribution is -2.26. The molecule has 2 aromatic carbocycles. The van der Waals surface area contributed by atoms with Crippen molar-refractivity contribution in [2.45, 2.75) is 25.4 Å². The molecular formula is C24H28N2O7. The van der Waals surface area contributed by atoms with Crippen molar-refractivity contribution < 1.29 is 34.4 Å². The van der Waals surface area contributed by atoms with E-state index >= 15 is 0 Å². The van der Waals surface area contributed by atoms with E-state index in [0.717, 1.165) is 31.4 Å². The smallest absolute Gasteiger partial charge is 0.328 e. The summed E-state index contributed by atoms with van der Waals surface area (Å²) in [4.78, 5) is 30.5. The van der Waals surface area contributed by atoms with Gasteiger partial charge < -0.3 is 30.7 Å². The number of anilines is 1. The van der Waals surface area contributed by atoms with Crippen molar-refractivity contribution in [1.29, 1.82) is 0 Å². The molecule has 33 heavy (non-hydrogen) atoms. The zero-order valence-corrected chi connectivity index (χ0v) is 18.1. The van der Waals surface area contributed by atoms with E-state index in [1.165, 1.54) is 5.56 Å². The van der Waals surface area contributed by atoms with E-state index in [4.69, 9.17) is 14.9 Å². The van der Waals surface area contributed by atoms with Gasteiger partial charge in [-0.05, 0) is 49.1 Å². The van der Waals surface area contributed by atoms with Gasteiger partial charge in [0.15, 0.2) is 6.61 Å². The molecule has 3 rings (SSSR count). The summed E-state index contributed by atoms with van der Waals surface area (Å²) in [7, 11) is 0. The topological polar surface area (TPSA) is 145 Å². The van der Waals surface area contributed by atoms with Crippen LogP contribution in [0.3, 0.4) is 0 Å². The number of hydrogen-bond donors (Lipinski definition) is 5. The molecule has 0 fully saturated rings. The molecule has 1 aliphatic heterocycles. The molecule has 1 aliphatic rings. The summed E-state index contributed by atoms with van der Waals surface area (Å²) >= 11 is 0. The van der Waals surface area contributed by atoms with Gasteiger partial charge in [-0.3, -0.25) is 4.79 Å². The second-order valence-electron chi connectivity index (χ2n) is 7.26. The van der Waals surface area contributed by atoms with Crippen molar-refractivity contribution in [3.8, 4) is 5.75 Å². The highest BCUT2D eigenvalue weighted by Crippen LogP contribution is 2.30. The minimum absolute atomic E-state index is 0.0411. The molecule has 0 spiro atoms. The van der Waals surface area contributed by atoms with Crippen molar-refractivity contribution in [3.63, 3.8) is 0 Å². The van der Waals surface area contributed by atoms with Crippen molar-refractivity contribution >= 4 is 23.5 Å². The van der Waals surface area contributed by atoms with Gasteiger partial charge in [-0.15, -0.1) is 0 Å². The number of ether oxygens (including phenoxy) is 1. The van der Waals surface area contributed by atoms with Gasteiger partial charge >= 0.3 is 11.9 Å². The molecule has 176 valence electrons. The van der Waals surface area contributed by atoms with Crippen LogP contribution < -0.4 is 15.4 Å². The fourth-order valence-electron chi connectivity index (χ4n) is 3.03. The monoisotopic (exact) mass is 456 g/mol. The van der Waals surface area contributed by atoms with Crippen LogP contribution in [0.15, 0.2) is 60.7 Å². The maximum atomic E-state index is 11.4. The highest BCUT2D eigenvalue weighted by Gasteiger charge is 2.17. The van der Waals surface area contributed by atoms with Crippen LogP contribution in [-0.2, 0) is 20.8 Å². The number of aryl methyl sites for hydroxylation is 1. The first-order chi connectivity index (χ1) is 15.8. The lowest BCUT2D eigenvalue weighted by Gasteiger charge is -2.20. The molecule has 0 aromatic heterocycles. The normalized spacial score (nSPS) is 13.2. The van der Waals surface area contributed by atoms with Crippen LogP contribution in [0.5, 0.6) is 5.75 Å². The third kappa shape index (κ3) is 9.98. The molecule has 0 bridgehead atoms. The van der Waals surface area contributed by atoms with Gasteiger partial charge in [-0.2, -0.15) is 0 Å². The number of aliphatic hydroxyl groups excluding tert-OH is 1. The number of rotatable bonds is 10. The summed E-state index contributed by atoms with van der Waals surface area (Å²) in [6.07, 6.45) is 3.77. The van der Waals surface area contributed by atoms with E-state index in [1.54, 1.807) is 12.1 Å². The number of unbranched alkanes of at least 4 members (excludes halogenated alkanes) is 1. The van der Waals surface area contributed by atoms with Crippen LogP contribution in [0.25, 0.3) is 0 Å². The SMILES string of the molecule is O=C(O)C=CC(=O)O.O=C1COc2ccc(C(O)CNCCCCc3ccccc3)cc2N1. The number of carboxylic acids is 2. The second-order valence-corrected chi connectivity index (χ2v) is 7.26. The molecule has 9 nitrogen and oxygen atoms in total. The number of amides is 1. The van der Waals surface area contributed by atoms with Crippen LogP contribution in [0.4, 0.5) is 5.69 Å². The number of hydrogen-bond acceptors (Lipinski definition) is 6. The van der Waals surface area contributed by atoms with E-state index in [9.17, 15) is 19.5 Å². The van der Waals surface area contributed by atoms with Gasteiger partial charge in [0.2, 0.25) is 0 Å². The Morgan fingerprint density at radius 1 is 1.06 bits per heavy atom. The molecule has 1 unspecified atom stereocenters. The Bertz CT molecular complexity index is 945. The number of aliphatic hydroxyl groups is 1. The van der Waals surface area contributed by atoms with E-state index in [-0.39, 0.29) is 12.5 Å². The average molecular weight is 456 g/mol. The maximum Gasteiger partial charge on any atom is 0.328 e. The van der Waals surface area contributed by atoms with Crippen molar-refractivity contribution in [1.82, 2.24) is 5.32 Å². The molecule has 1 heterocycles. The minimum Gasteiger partial charge on any atom is -0.482 e. The van der Waals surface area contributed by atoms with E-state index in [1.807, 2.05) is 12.1 Å². The Kier molecular flexibility index (Phi) is 10.6. The number of fused-ring (bicyclic) bond motifs is 1. The minimum atomic E-state index is -1.26. The predicted molar refractivity (Wildman–Crippen MR) is 122 cm³/mol. The van der Waals surface area contributed by atoms with Crippen molar-refractivity contribution in [3.05, 3.63) is 71.8 Å². The Labute approximate surface area is 191 Å². The summed E-state index contributed by atoms with van der Waals surface area (Å²) in [5, 5.41) is 32.0. The largest absolute Gasteiger partial charge is 0.482 e. The molecule has 5 N–H and O–H groups in total. The number of nitrogens with one attached hydrogen (secondary N) is 2. The summed E-state index contributed by atoms with van der Waals surface area (Å²) < 4.78 is 5.32. The zero-order valence-electron chi connectivity index (χ0n) is 18.1. The Balaban J connectivity index is 0.000000414. The molecule has 0 aliphatic carbocycles. The predicted octanol–water partition coefficient (Wildman–Crippen LogP) is 2.38. The standard InChI is InChI=1S/C20H24N2O3.C4H4O4/c23-18(13-21-11-5-4-8-15-6-2-1-3-7-15)16-9-10-19-17(12-16)22-20(24)14-25-19;5-3(6)1-2-4(7)8/h1-3,6-7,9-10,12,18,21,23H,4-5,8,11,13-14H2,(H,22,24);1-2H,(H,5,6)(H,7,8). The lowest BCUT2D eigenvalue weighted by atomic mass is 10.1. The molecular weight excluding hydrogens is 428 g/mol. The third-order valence-corrected chi connectivity index (χ3v) is 4.64. The Morgan fingerprint density at radius 3 is 2.42 bits per heavy atom. The van der Waals surface area contributed by atoms with Crippen LogP contribution in [0.1, 0.15) is 30.1 Å². The Hall–Kier alpha value is -3.69. The highest BCUT2D eigenvalue weighted by atomic mass is 16.5. The second kappa shape index (κ2) is 13.7. The number of benzene rings is 2. The molecule has 1 atom stereocenters. The summed E-state index contributed by atoms with van der Waals surface area (Å²) in [6, 6.07) is 15.8. The molecule has 0 saturated carbocycles. The molecule has 1 amide bonds. The fourth-order valence-corrected chi connectivity index (χ4v) is 3.03. The molecule has 0 radical (unpaired) electrons. The third-order valence-electron chi connectivity index (χ3n) is 4.64. The van der Waals surface area contributed by atoms with Crippen LogP contribution in [0.2, 0.25) is 0 Å². The first-order valence-corrected chi connectivity index (χ1v) is 10.5. The fraction of sp³-hybridized carbons (Fsp3) is 0.292. The zero-order chi connectivity index (χ0) is 24.1. The summed E-state index contributed by atoms with van der Waals surface area (Å²) in [5.74, 6) is -2.04. The van der Waals surface area contributed by atoms with Crippen LogP contribution in [0, 0.1) is 0 Å². The highest BCUT2D eigenvalue weighted by molar-refractivity contribution is 5.95.